The van der Waals surface area contributed by atoms with Crippen molar-refractivity contribution in [1.82, 2.24) is 20.9 Å². The molecule has 0 aromatic heterocycles. The van der Waals surface area contributed by atoms with Crippen LogP contribution in [0.1, 0.15) is 76.1 Å². The van der Waals surface area contributed by atoms with Gasteiger partial charge in [-0.3, -0.25) is 38.5 Å². The number of hydrogen-bond donors (Lipinski definition) is 6. The number of nitrogens with zero attached hydrogens (tertiary/aromatic N) is 1. The van der Waals surface area contributed by atoms with Crippen molar-refractivity contribution >= 4 is 47.1 Å². The predicted molar refractivity (Wildman–Crippen MR) is 159 cm³/mol. The van der Waals surface area contributed by atoms with E-state index in [0.717, 1.165) is 4.90 Å². The van der Waals surface area contributed by atoms with E-state index in [4.69, 9.17) is 5.11 Å². The Labute approximate surface area is 255 Å². The molecule has 0 saturated carbocycles. The molecule has 14 heteroatoms. The number of anilines is 1. The number of imide groups is 1. The van der Waals surface area contributed by atoms with Crippen molar-refractivity contribution in [2.24, 2.45) is 5.92 Å². The van der Waals surface area contributed by atoms with E-state index in [-0.39, 0.29) is 66.6 Å². The van der Waals surface area contributed by atoms with Crippen LogP contribution in [0.4, 0.5) is 5.69 Å². The number of aromatic hydroxyl groups is 1. The van der Waals surface area contributed by atoms with Gasteiger partial charge < -0.3 is 31.5 Å². The van der Waals surface area contributed by atoms with Crippen LogP contribution in [-0.2, 0) is 28.8 Å². The summed E-state index contributed by atoms with van der Waals surface area (Å²) in [7, 11) is 0. The Morgan fingerprint density at radius 3 is 2.11 bits per heavy atom. The third kappa shape index (κ3) is 11.5. The fourth-order valence-electron chi connectivity index (χ4n) is 4.28. The maximum Gasteiger partial charge on any atom is 0.303 e. The molecule has 1 aliphatic heterocycles. The van der Waals surface area contributed by atoms with Crippen LogP contribution in [0.3, 0.4) is 0 Å². The number of nitrogens with one attached hydrogen (secondary N) is 4. The van der Waals surface area contributed by atoms with Crippen LogP contribution in [-0.4, -0.2) is 81.7 Å². The van der Waals surface area contributed by atoms with Crippen molar-refractivity contribution in [2.75, 3.05) is 18.4 Å². The molecule has 6 amide bonds. The molecule has 1 heterocycles. The molecule has 0 aliphatic carbocycles. The number of rotatable bonds is 18. The molecule has 0 bridgehead atoms. The molecular formula is C30H41N5O9. The molecule has 2 rings (SSSR count). The number of aliphatic carboxylic acids is 1. The number of carboxylic acids is 1. The minimum atomic E-state index is -0.998. The molecule has 1 aliphatic rings. The molecule has 2 atom stereocenters. The normalized spacial score (nSPS) is 13.9. The van der Waals surface area contributed by atoms with E-state index in [1.54, 1.807) is 13.8 Å². The average Bonchev–Trinajstić information content (AvgIpc) is 3.27. The lowest BCUT2D eigenvalue weighted by Crippen LogP contribution is -2.53. The Hall–Kier alpha value is -4.75. The number of carbonyl (C=O) groups is 7. The first-order valence-corrected chi connectivity index (χ1v) is 14.6. The van der Waals surface area contributed by atoms with Crippen LogP contribution < -0.4 is 21.3 Å². The van der Waals surface area contributed by atoms with Gasteiger partial charge in [-0.15, -0.1) is 0 Å². The zero-order valence-corrected chi connectivity index (χ0v) is 25.2. The molecule has 1 aromatic carbocycles. The Morgan fingerprint density at radius 1 is 0.841 bits per heavy atom. The Bertz CT molecular complexity index is 1260. The highest BCUT2D eigenvalue weighted by Crippen LogP contribution is 2.22. The second-order valence-electron chi connectivity index (χ2n) is 10.8. The summed E-state index contributed by atoms with van der Waals surface area (Å²) in [6.45, 7) is 5.49. The summed E-state index contributed by atoms with van der Waals surface area (Å²) in [5, 5.41) is 29.4. The minimum absolute atomic E-state index is 0.00412. The zero-order chi connectivity index (χ0) is 32.8. The summed E-state index contributed by atoms with van der Waals surface area (Å²) in [5.74, 6) is -4.29. The quantitative estimate of drug-likeness (QED) is 0.104. The lowest BCUT2D eigenvalue weighted by atomic mass is 10.0. The van der Waals surface area contributed by atoms with E-state index in [2.05, 4.69) is 21.3 Å². The van der Waals surface area contributed by atoms with Gasteiger partial charge >= 0.3 is 5.97 Å². The number of phenolic OH excluding ortho intramolecular Hbond substituents is 1. The number of carboxylic acid groups (broad SMARTS) is 1. The number of amides is 6. The molecule has 1 aromatic rings. The van der Waals surface area contributed by atoms with Gasteiger partial charge in [-0.05, 0) is 50.7 Å². The Kier molecular flexibility index (Phi) is 14.0. The minimum Gasteiger partial charge on any atom is -0.507 e. The molecule has 0 fully saturated rings. The summed E-state index contributed by atoms with van der Waals surface area (Å²) in [4.78, 5) is 85.3. The maximum absolute atomic E-state index is 12.9. The smallest absolute Gasteiger partial charge is 0.303 e. The van der Waals surface area contributed by atoms with Crippen LogP contribution >= 0.6 is 0 Å². The lowest BCUT2D eigenvalue weighted by Gasteiger charge is -2.24. The fourth-order valence-corrected chi connectivity index (χ4v) is 4.28. The van der Waals surface area contributed by atoms with Crippen LogP contribution in [0.25, 0.3) is 0 Å². The molecule has 6 N–H and O–H groups in total. The van der Waals surface area contributed by atoms with Crippen molar-refractivity contribution < 1.29 is 43.8 Å². The van der Waals surface area contributed by atoms with E-state index >= 15 is 0 Å². The summed E-state index contributed by atoms with van der Waals surface area (Å²) in [6.07, 6.45) is 5.11. The highest BCUT2D eigenvalue weighted by Gasteiger charge is 2.27. The largest absolute Gasteiger partial charge is 0.507 e. The monoisotopic (exact) mass is 615 g/mol. The van der Waals surface area contributed by atoms with Crippen LogP contribution in [0.2, 0.25) is 0 Å². The second-order valence-corrected chi connectivity index (χ2v) is 10.8. The Balaban J connectivity index is 1.79. The van der Waals surface area contributed by atoms with Gasteiger partial charge in [0.1, 0.15) is 17.8 Å². The van der Waals surface area contributed by atoms with Gasteiger partial charge in [0, 0.05) is 49.8 Å². The van der Waals surface area contributed by atoms with Gasteiger partial charge in [0.15, 0.2) is 0 Å². The van der Waals surface area contributed by atoms with Crippen LogP contribution in [0.15, 0.2) is 30.4 Å². The van der Waals surface area contributed by atoms with Crippen LogP contribution in [0, 0.1) is 5.92 Å². The molecule has 0 unspecified atom stereocenters. The standard InChI is InChI=1S/C30H41N5O9/c1-18(2)27(34-23(37)9-5-4-8-16-35-24(38)13-14-25(35)39)30(44)32-19(3)28(42)33-20-11-12-21(22(36)17-20)29(43)31-15-7-6-10-26(40)41/h11-14,17-19,27,36H,4-10,15-16H2,1-3H3,(H,31,43)(H,32,44)(H,33,42)(H,34,37)(H,40,41)/t19-,27-/m0/s1. The van der Waals surface area contributed by atoms with Crippen molar-refractivity contribution in [3.63, 3.8) is 0 Å². The zero-order valence-electron chi connectivity index (χ0n) is 25.2. The summed E-state index contributed by atoms with van der Waals surface area (Å²) < 4.78 is 0. The summed E-state index contributed by atoms with van der Waals surface area (Å²) >= 11 is 0. The first-order valence-electron chi connectivity index (χ1n) is 14.6. The third-order valence-electron chi connectivity index (χ3n) is 6.82. The maximum atomic E-state index is 12.9. The van der Waals surface area contributed by atoms with Gasteiger partial charge in [0.2, 0.25) is 17.7 Å². The van der Waals surface area contributed by atoms with E-state index in [1.807, 2.05) is 0 Å². The number of hydrogen-bond acceptors (Lipinski definition) is 8. The van der Waals surface area contributed by atoms with Gasteiger partial charge in [-0.1, -0.05) is 20.3 Å². The van der Waals surface area contributed by atoms with Crippen molar-refractivity contribution in [3.05, 3.63) is 35.9 Å². The fraction of sp³-hybridized carbons (Fsp3) is 0.500. The van der Waals surface area contributed by atoms with Crippen molar-refractivity contribution in [3.8, 4) is 5.75 Å². The van der Waals surface area contributed by atoms with Gasteiger partial charge in [0.05, 0.1) is 5.56 Å². The SMILES string of the molecule is CC(C)[C@H](NC(=O)CCCCCN1C(=O)C=CC1=O)C(=O)N[C@@H](C)C(=O)Nc1ccc(C(=O)NCCCCC(=O)O)c(O)c1. The molecule has 0 spiro atoms. The van der Waals surface area contributed by atoms with Crippen molar-refractivity contribution in [1.29, 1.82) is 0 Å². The van der Waals surface area contributed by atoms with Gasteiger partial charge in [0.25, 0.3) is 17.7 Å². The molecular weight excluding hydrogens is 574 g/mol. The molecule has 44 heavy (non-hydrogen) atoms. The third-order valence-corrected chi connectivity index (χ3v) is 6.82. The topological polar surface area (TPSA) is 211 Å². The number of phenols is 1. The van der Waals surface area contributed by atoms with E-state index < -0.39 is 35.8 Å². The van der Waals surface area contributed by atoms with Crippen LogP contribution in [0.5, 0.6) is 5.75 Å². The molecule has 240 valence electrons. The van der Waals surface area contributed by atoms with E-state index in [9.17, 15) is 38.7 Å². The second kappa shape index (κ2) is 17.4. The number of carbonyl (C=O) groups excluding carboxylic acids is 6. The van der Waals surface area contributed by atoms with Crippen molar-refractivity contribution in [2.45, 2.75) is 77.8 Å². The first-order chi connectivity index (χ1) is 20.8. The Morgan fingerprint density at radius 2 is 1.50 bits per heavy atom. The summed E-state index contributed by atoms with van der Waals surface area (Å²) in [5.41, 5.74) is 0.169. The van der Waals surface area contributed by atoms with E-state index in [1.165, 1.54) is 37.3 Å². The highest BCUT2D eigenvalue weighted by atomic mass is 16.4. The van der Waals surface area contributed by atoms with Gasteiger partial charge in [-0.25, -0.2) is 0 Å². The number of unbranched alkanes of at least 4 members (excludes halogenated alkanes) is 3. The molecule has 0 saturated heterocycles. The predicted octanol–water partition coefficient (Wildman–Crippen LogP) is 1.45. The van der Waals surface area contributed by atoms with Gasteiger partial charge in [-0.2, -0.15) is 0 Å². The highest BCUT2D eigenvalue weighted by molar-refractivity contribution is 6.12. The first kappa shape index (κ1) is 35.4. The lowest BCUT2D eigenvalue weighted by molar-refractivity contribution is -0.138. The number of benzene rings is 1. The molecule has 14 nitrogen and oxygen atoms in total. The summed E-state index contributed by atoms with van der Waals surface area (Å²) in [6, 6.07) is 2.05. The molecule has 0 radical (unpaired) electrons. The average molecular weight is 616 g/mol. The van der Waals surface area contributed by atoms with E-state index in [0.29, 0.717) is 32.1 Å².